The number of piperidine rings is 1. The minimum atomic E-state index is -0.469. The predicted molar refractivity (Wildman–Crippen MR) is 134 cm³/mol. The summed E-state index contributed by atoms with van der Waals surface area (Å²) in [5.74, 6) is 0.760. The van der Waals surface area contributed by atoms with Crippen LogP contribution < -0.4 is 15.5 Å². The van der Waals surface area contributed by atoms with Crippen molar-refractivity contribution in [2.24, 2.45) is 11.1 Å². The van der Waals surface area contributed by atoms with Gasteiger partial charge >= 0.3 is 5.97 Å². The van der Waals surface area contributed by atoms with Crippen LogP contribution in [0.5, 0.6) is 0 Å². The predicted octanol–water partition coefficient (Wildman–Crippen LogP) is 3.59. The van der Waals surface area contributed by atoms with Crippen molar-refractivity contribution in [3.05, 3.63) is 71.3 Å². The maximum Gasteiger partial charge on any atom is 0.360 e. The first-order valence-electron chi connectivity index (χ1n) is 12.3. The monoisotopic (exact) mass is 470 g/mol. The number of hydrogen-bond donors (Lipinski definition) is 1. The lowest BCUT2D eigenvalue weighted by atomic mass is 9.73. The van der Waals surface area contributed by atoms with Crippen LogP contribution in [0.15, 0.2) is 48.8 Å². The van der Waals surface area contributed by atoms with E-state index in [0.29, 0.717) is 11.6 Å². The molecular weight excluding hydrogens is 440 g/mol. The first-order valence-corrected chi connectivity index (χ1v) is 12.3. The van der Waals surface area contributed by atoms with Gasteiger partial charge in [0.1, 0.15) is 0 Å². The van der Waals surface area contributed by atoms with Crippen molar-refractivity contribution in [2.45, 2.75) is 38.1 Å². The van der Waals surface area contributed by atoms with Crippen LogP contribution in [0.4, 0.5) is 17.3 Å². The number of pyridine rings is 1. The van der Waals surface area contributed by atoms with Gasteiger partial charge in [-0.05, 0) is 60.8 Å². The summed E-state index contributed by atoms with van der Waals surface area (Å²) in [5.41, 5.74) is 11.8. The molecule has 1 aromatic carbocycles. The third kappa shape index (κ3) is 3.63. The number of carbonyl (C=O) groups excluding carboxylic acids is 1. The normalized spacial score (nSPS) is 20.5. The number of anilines is 3. The molecule has 0 bridgehead atoms. The SMILES string of the molecule is COC(=O)c1nc(N2CCCc3ncccc32)cnc1N1CCC2(CC1)Cc1ccccc1[C@H]2N. The Morgan fingerprint density at radius 2 is 1.94 bits per heavy atom. The maximum atomic E-state index is 12.8. The summed E-state index contributed by atoms with van der Waals surface area (Å²) < 4.78 is 5.11. The first-order chi connectivity index (χ1) is 17.1. The van der Waals surface area contributed by atoms with Crippen molar-refractivity contribution in [2.75, 3.05) is 36.5 Å². The summed E-state index contributed by atoms with van der Waals surface area (Å²) in [6, 6.07) is 12.5. The Kier molecular flexibility index (Phi) is 5.40. The lowest BCUT2D eigenvalue weighted by Crippen LogP contribution is -2.45. The average Bonchev–Trinajstić information content (AvgIpc) is 3.19. The van der Waals surface area contributed by atoms with Gasteiger partial charge in [-0.25, -0.2) is 14.8 Å². The number of nitrogens with two attached hydrogens (primary N) is 1. The molecule has 2 aliphatic heterocycles. The van der Waals surface area contributed by atoms with Crippen LogP contribution in [0.3, 0.4) is 0 Å². The van der Waals surface area contributed by atoms with Gasteiger partial charge in [-0.1, -0.05) is 24.3 Å². The average molecular weight is 471 g/mol. The summed E-state index contributed by atoms with van der Waals surface area (Å²) in [5, 5.41) is 0. The molecule has 1 aliphatic carbocycles. The number of fused-ring (bicyclic) bond motifs is 2. The molecule has 0 saturated carbocycles. The largest absolute Gasteiger partial charge is 0.464 e. The zero-order valence-electron chi connectivity index (χ0n) is 20.0. The van der Waals surface area contributed by atoms with Crippen LogP contribution in [-0.4, -0.2) is 47.7 Å². The highest BCUT2D eigenvalue weighted by atomic mass is 16.5. The highest BCUT2D eigenvalue weighted by Gasteiger charge is 2.46. The summed E-state index contributed by atoms with van der Waals surface area (Å²) >= 11 is 0. The lowest BCUT2D eigenvalue weighted by Gasteiger charge is -2.42. The smallest absolute Gasteiger partial charge is 0.360 e. The van der Waals surface area contributed by atoms with Gasteiger partial charge in [0.25, 0.3) is 0 Å². The number of methoxy groups -OCH3 is 1. The van der Waals surface area contributed by atoms with E-state index < -0.39 is 5.97 Å². The molecule has 8 nitrogen and oxygen atoms in total. The number of nitrogens with zero attached hydrogens (tertiary/aromatic N) is 5. The number of ether oxygens (including phenoxy) is 1. The van der Waals surface area contributed by atoms with Crippen molar-refractivity contribution in [3.63, 3.8) is 0 Å². The van der Waals surface area contributed by atoms with Crippen LogP contribution >= 0.6 is 0 Å². The van der Waals surface area contributed by atoms with Gasteiger partial charge in [0.2, 0.25) is 0 Å². The molecule has 8 heteroatoms. The second-order valence-corrected chi connectivity index (χ2v) is 9.82. The molecule has 1 atom stereocenters. The number of esters is 1. The number of aromatic nitrogens is 3. The minimum Gasteiger partial charge on any atom is -0.464 e. The van der Waals surface area contributed by atoms with E-state index >= 15 is 0 Å². The second kappa shape index (κ2) is 8.61. The molecule has 6 rings (SSSR count). The van der Waals surface area contributed by atoms with E-state index in [2.05, 4.69) is 39.0 Å². The van der Waals surface area contributed by atoms with E-state index in [-0.39, 0.29) is 17.2 Å². The van der Waals surface area contributed by atoms with Gasteiger partial charge in [0.05, 0.1) is 24.7 Å². The van der Waals surface area contributed by atoms with Gasteiger partial charge in [-0.2, -0.15) is 0 Å². The Bertz CT molecular complexity index is 1270. The molecule has 1 saturated heterocycles. The van der Waals surface area contributed by atoms with Gasteiger partial charge < -0.3 is 20.3 Å². The number of carbonyl (C=O) groups is 1. The zero-order valence-corrected chi connectivity index (χ0v) is 20.0. The highest BCUT2D eigenvalue weighted by molar-refractivity contribution is 5.93. The van der Waals surface area contributed by atoms with Gasteiger partial charge in [-0.15, -0.1) is 0 Å². The van der Waals surface area contributed by atoms with Crippen LogP contribution in [0.1, 0.15) is 52.6 Å². The minimum absolute atomic E-state index is 0.0437. The molecule has 0 amide bonds. The summed E-state index contributed by atoms with van der Waals surface area (Å²) in [6.45, 7) is 2.35. The molecule has 2 N–H and O–H groups in total. The van der Waals surface area contributed by atoms with Crippen LogP contribution in [0.25, 0.3) is 0 Å². The number of hydrogen-bond acceptors (Lipinski definition) is 8. The first kappa shape index (κ1) is 22.0. The molecule has 2 aromatic heterocycles. The molecule has 35 heavy (non-hydrogen) atoms. The van der Waals surface area contributed by atoms with Gasteiger partial charge in [-0.3, -0.25) is 4.98 Å². The van der Waals surface area contributed by atoms with Crippen LogP contribution in [0, 0.1) is 5.41 Å². The van der Waals surface area contributed by atoms with Crippen molar-refractivity contribution in [1.82, 2.24) is 15.0 Å². The van der Waals surface area contributed by atoms with Crippen LogP contribution in [-0.2, 0) is 17.6 Å². The fourth-order valence-corrected chi connectivity index (χ4v) is 6.07. The molecular formula is C27H30N6O2. The second-order valence-electron chi connectivity index (χ2n) is 9.82. The van der Waals surface area contributed by atoms with Crippen molar-refractivity contribution in [1.29, 1.82) is 0 Å². The van der Waals surface area contributed by atoms with E-state index in [9.17, 15) is 4.79 Å². The maximum absolute atomic E-state index is 12.8. The van der Waals surface area contributed by atoms with E-state index in [1.165, 1.54) is 18.2 Å². The third-order valence-electron chi connectivity index (χ3n) is 8.00. The van der Waals surface area contributed by atoms with Gasteiger partial charge in [0.15, 0.2) is 17.3 Å². The number of aryl methyl sites for hydroxylation is 1. The molecule has 4 heterocycles. The van der Waals surface area contributed by atoms with Crippen molar-refractivity contribution >= 4 is 23.3 Å². The Labute approximate surface area is 205 Å². The van der Waals surface area contributed by atoms with Crippen molar-refractivity contribution in [3.8, 4) is 0 Å². The summed E-state index contributed by atoms with van der Waals surface area (Å²) in [6.07, 6.45) is 8.38. The number of benzene rings is 1. The topological polar surface area (TPSA) is 97.5 Å². The van der Waals surface area contributed by atoms with Gasteiger partial charge in [0, 0.05) is 31.9 Å². The third-order valence-corrected chi connectivity index (χ3v) is 8.00. The fourth-order valence-electron chi connectivity index (χ4n) is 6.07. The van der Waals surface area contributed by atoms with E-state index in [0.717, 1.165) is 63.1 Å². The molecule has 180 valence electrons. The molecule has 1 fully saturated rings. The lowest BCUT2D eigenvalue weighted by molar-refractivity contribution is 0.0594. The summed E-state index contributed by atoms with van der Waals surface area (Å²) in [7, 11) is 1.39. The Balaban J connectivity index is 1.27. The summed E-state index contributed by atoms with van der Waals surface area (Å²) in [4.78, 5) is 31.1. The molecule has 3 aromatic rings. The highest BCUT2D eigenvalue weighted by Crippen LogP contribution is 2.51. The Morgan fingerprint density at radius 3 is 2.74 bits per heavy atom. The van der Waals surface area contributed by atoms with Crippen molar-refractivity contribution < 1.29 is 9.53 Å². The zero-order chi connectivity index (χ0) is 24.0. The standard InChI is InChI=1S/C27H30N6O2/c1-35-26(34)23-25(30-17-22(31-23)33-13-5-8-20-21(33)9-4-12-29-20)32-14-10-27(11-15-32)16-18-6-2-3-7-19(18)24(27)28/h2-4,6-7,9,12,17,24H,5,8,10-11,13-16,28H2,1H3/t24-/m1/s1. The Morgan fingerprint density at radius 1 is 1.11 bits per heavy atom. The fraction of sp³-hybridized carbons (Fsp3) is 0.407. The van der Waals surface area contributed by atoms with E-state index in [4.69, 9.17) is 20.4 Å². The Hall–Kier alpha value is -3.52. The molecule has 3 aliphatic rings. The van der Waals surface area contributed by atoms with E-state index in [1.54, 1.807) is 6.20 Å². The molecule has 1 spiro atoms. The van der Waals surface area contributed by atoms with Crippen LogP contribution in [0.2, 0.25) is 0 Å². The van der Waals surface area contributed by atoms with E-state index in [1.807, 2.05) is 18.3 Å². The quantitative estimate of drug-likeness (QED) is 0.580. The number of rotatable bonds is 3. The molecule has 0 unspecified atom stereocenters. The molecule has 0 radical (unpaired) electrons.